The summed E-state index contributed by atoms with van der Waals surface area (Å²) in [5, 5.41) is 7.70. The summed E-state index contributed by atoms with van der Waals surface area (Å²) in [6.45, 7) is 0. The predicted octanol–water partition coefficient (Wildman–Crippen LogP) is 2.62. The SMILES string of the molecule is N#CCS(=O)(=O)Nc1ccc(Cl)c(C(F)(F)F)c1. The van der Waals surface area contributed by atoms with Gasteiger partial charge in [0, 0.05) is 5.69 Å². The van der Waals surface area contributed by atoms with E-state index in [4.69, 9.17) is 16.9 Å². The highest BCUT2D eigenvalue weighted by molar-refractivity contribution is 7.92. The van der Waals surface area contributed by atoms with Gasteiger partial charge < -0.3 is 0 Å². The molecule has 1 aromatic carbocycles. The molecule has 1 aromatic rings. The van der Waals surface area contributed by atoms with E-state index in [2.05, 4.69) is 0 Å². The normalized spacial score (nSPS) is 11.9. The maximum atomic E-state index is 12.5. The van der Waals surface area contributed by atoms with E-state index in [0.29, 0.717) is 6.07 Å². The molecule has 9 heteroatoms. The first-order valence-electron chi connectivity index (χ1n) is 4.40. The smallest absolute Gasteiger partial charge is 0.283 e. The molecule has 0 atom stereocenters. The summed E-state index contributed by atoms with van der Waals surface area (Å²) in [7, 11) is -3.98. The molecule has 0 radical (unpaired) electrons. The van der Waals surface area contributed by atoms with Crippen LogP contribution in [0.3, 0.4) is 0 Å². The highest BCUT2D eigenvalue weighted by Crippen LogP contribution is 2.36. The van der Waals surface area contributed by atoms with Crippen LogP contribution in [0.2, 0.25) is 5.02 Å². The number of nitriles is 1. The fourth-order valence-electron chi connectivity index (χ4n) is 1.11. The maximum Gasteiger partial charge on any atom is 0.417 e. The van der Waals surface area contributed by atoms with Crippen molar-refractivity contribution in [2.24, 2.45) is 0 Å². The number of nitrogens with zero attached hydrogens (tertiary/aromatic N) is 1. The van der Waals surface area contributed by atoms with Crippen molar-refractivity contribution >= 4 is 27.3 Å². The Balaban J connectivity index is 3.12. The van der Waals surface area contributed by atoms with Gasteiger partial charge in [-0.25, -0.2) is 8.42 Å². The molecule has 0 unspecified atom stereocenters. The van der Waals surface area contributed by atoms with E-state index in [-0.39, 0.29) is 5.69 Å². The molecule has 0 aromatic heterocycles. The van der Waals surface area contributed by atoms with E-state index in [1.165, 1.54) is 6.07 Å². The van der Waals surface area contributed by atoms with Crippen molar-refractivity contribution in [2.45, 2.75) is 6.18 Å². The third-order valence-electron chi connectivity index (χ3n) is 1.80. The second-order valence-electron chi connectivity index (χ2n) is 3.21. The molecular weight excluding hydrogens is 293 g/mol. The average molecular weight is 299 g/mol. The molecule has 0 aliphatic rings. The molecule has 0 amide bonds. The van der Waals surface area contributed by atoms with E-state index < -0.39 is 32.5 Å². The van der Waals surface area contributed by atoms with E-state index in [9.17, 15) is 21.6 Å². The van der Waals surface area contributed by atoms with Crippen LogP contribution in [0, 0.1) is 11.3 Å². The summed E-state index contributed by atoms with van der Waals surface area (Å²) in [4.78, 5) is 0. The lowest BCUT2D eigenvalue weighted by molar-refractivity contribution is -0.137. The molecule has 1 rings (SSSR count). The minimum Gasteiger partial charge on any atom is -0.283 e. The van der Waals surface area contributed by atoms with Crippen LogP contribution in [0.5, 0.6) is 0 Å². The van der Waals surface area contributed by atoms with Gasteiger partial charge in [0.05, 0.1) is 16.7 Å². The van der Waals surface area contributed by atoms with Crippen LogP contribution in [0.4, 0.5) is 18.9 Å². The topological polar surface area (TPSA) is 70.0 Å². The molecule has 4 nitrogen and oxygen atoms in total. The van der Waals surface area contributed by atoms with Crippen LogP contribution in [-0.2, 0) is 16.2 Å². The van der Waals surface area contributed by atoms with Gasteiger partial charge in [0.2, 0.25) is 10.0 Å². The molecule has 0 heterocycles. The summed E-state index contributed by atoms with van der Waals surface area (Å²) in [6.07, 6.45) is -4.69. The second kappa shape index (κ2) is 5.04. The monoisotopic (exact) mass is 298 g/mol. The molecule has 0 bridgehead atoms. The van der Waals surface area contributed by atoms with E-state index in [1.54, 1.807) is 0 Å². The number of rotatable bonds is 3. The Morgan fingerprint density at radius 3 is 2.50 bits per heavy atom. The van der Waals surface area contributed by atoms with Crippen LogP contribution in [0.1, 0.15) is 5.56 Å². The quantitative estimate of drug-likeness (QED) is 0.932. The van der Waals surface area contributed by atoms with Crippen molar-refractivity contribution in [2.75, 3.05) is 10.5 Å². The van der Waals surface area contributed by atoms with Crippen molar-refractivity contribution in [1.82, 2.24) is 0 Å². The lowest BCUT2D eigenvalue weighted by atomic mass is 10.2. The summed E-state index contributed by atoms with van der Waals surface area (Å²) in [5.41, 5.74) is -1.46. The van der Waals surface area contributed by atoms with Crippen LogP contribution in [-0.4, -0.2) is 14.2 Å². The fraction of sp³-hybridized carbons (Fsp3) is 0.222. The van der Waals surface area contributed by atoms with Gasteiger partial charge in [-0.15, -0.1) is 0 Å². The maximum absolute atomic E-state index is 12.5. The summed E-state index contributed by atoms with van der Waals surface area (Å²) in [5.74, 6) is -0.850. The van der Waals surface area contributed by atoms with Gasteiger partial charge in [-0.05, 0) is 18.2 Å². The number of alkyl halides is 3. The number of benzene rings is 1. The Morgan fingerprint density at radius 2 is 2.00 bits per heavy atom. The van der Waals surface area contributed by atoms with Gasteiger partial charge >= 0.3 is 6.18 Å². The predicted molar refractivity (Wildman–Crippen MR) is 59.5 cm³/mol. The van der Waals surface area contributed by atoms with Gasteiger partial charge in [-0.1, -0.05) is 11.6 Å². The summed E-state index contributed by atoms with van der Waals surface area (Å²) < 4.78 is 61.7. The van der Waals surface area contributed by atoms with Crippen molar-refractivity contribution in [3.05, 3.63) is 28.8 Å². The highest BCUT2D eigenvalue weighted by atomic mass is 35.5. The summed E-state index contributed by atoms with van der Waals surface area (Å²) >= 11 is 5.36. The Kier molecular flexibility index (Phi) is 4.09. The zero-order chi connectivity index (χ0) is 14.0. The minimum absolute atomic E-state index is 0.304. The fourth-order valence-corrected chi connectivity index (χ4v) is 2.06. The first kappa shape index (κ1) is 14.6. The van der Waals surface area contributed by atoms with Crippen LogP contribution >= 0.6 is 11.6 Å². The number of hydrogen-bond donors (Lipinski definition) is 1. The molecule has 0 aliphatic carbocycles. The van der Waals surface area contributed by atoms with Gasteiger partial charge in [0.1, 0.15) is 0 Å². The average Bonchev–Trinajstić information content (AvgIpc) is 2.18. The number of nitrogens with one attached hydrogen (secondary N) is 1. The number of sulfonamides is 1. The first-order chi connectivity index (χ1) is 8.15. The Bertz CT molecular complexity index is 593. The zero-order valence-electron chi connectivity index (χ0n) is 8.62. The van der Waals surface area contributed by atoms with Crippen LogP contribution < -0.4 is 4.72 Å². The zero-order valence-corrected chi connectivity index (χ0v) is 10.2. The van der Waals surface area contributed by atoms with Gasteiger partial charge in [0.15, 0.2) is 5.75 Å². The Morgan fingerprint density at radius 1 is 1.39 bits per heavy atom. The lowest BCUT2D eigenvalue weighted by Gasteiger charge is -2.11. The van der Waals surface area contributed by atoms with Crippen LogP contribution in [0.25, 0.3) is 0 Å². The third kappa shape index (κ3) is 3.78. The van der Waals surface area contributed by atoms with E-state index in [1.807, 2.05) is 4.72 Å². The number of hydrogen-bond acceptors (Lipinski definition) is 3. The molecule has 18 heavy (non-hydrogen) atoms. The molecule has 98 valence electrons. The standard InChI is InChI=1S/C9H6ClF3N2O2S/c10-8-2-1-6(5-7(8)9(11,12)13)15-18(16,17)4-3-14/h1-2,5,15H,4H2. The number of halogens is 4. The largest absolute Gasteiger partial charge is 0.417 e. The lowest BCUT2D eigenvalue weighted by Crippen LogP contribution is -2.16. The second-order valence-corrected chi connectivity index (χ2v) is 5.34. The number of anilines is 1. The van der Waals surface area contributed by atoms with E-state index in [0.717, 1.165) is 12.1 Å². The molecule has 1 N–H and O–H groups in total. The molecule has 0 aliphatic heterocycles. The first-order valence-corrected chi connectivity index (χ1v) is 6.43. The van der Waals surface area contributed by atoms with E-state index >= 15 is 0 Å². The molecule has 0 saturated heterocycles. The van der Waals surface area contributed by atoms with Gasteiger partial charge in [0.25, 0.3) is 0 Å². The van der Waals surface area contributed by atoms with Crippen molar-refractivity contribution in [3.8, 4) is 6.07 Å². The van der Waals surface area contributed by atoms with Gasteiger partial charge in [-0.2, -0.15) is 18.4 Å². The van der Waals surface area contributed by atoms with Crippen molar-refractivity contribution < 1.29 is 21.6 Å². The van der Waals surface area contributed by atoms with Crippen molar-refractivity contribution in [3.63, 3.8) is 0 Å². The molecule has 0 saturated carbocycles. The third-order valence-corrected chi connectivity index (χ3v) is 3.19. The Hall–Kier alpha value is -1.46. The Labute approximate surface area is 106 Å². The highest BCUT2D eigenvalue weighted by Gasteiger charge is 2.33. The van der Waals surface area contributed by atoms with Gasteiger partial charge in [-0.3, -0.25) is 4.72 Å². The minimum atomic E-state index is -4.69. The van der Waals surface area contributed by atoms with Crippen molar-refractivity contribution in [1.29, 1.82) is 5.26 Å². The summed E-state index contributed by atoms with van der Waals surface area (Å²) in [6, 6.07) is 3.95. The molecular formula is C9H6ClF3N2O2S. The molecule has 0 spiro atoms. The molecule has 0 fully saturated rings. The van der Waals surface area contributed by atoms with Crippen LogP contribution in [0.15, 0.2) is 18.2 Å².